The third kappa shape index (κ3) is 21.8. The SMILES string of the molecule is CCCCCCCCC=CCCCCCCCC(=O)OC[C@H](O)CC(F)O[P+](=O)O. The van der Waals surface area contributed by atoms with Gasteiger partial charge in [-0.1, -0.05) is 75.0 Å². The number of hydrogen-bond acceptors (Lipinski definition) is 5. The zero-order chi connectivity index (χ0) is 22.5. The molecule has 0 aromatic carbocycles. The van der Waals surface area contributed by atoms with E-state index in [0.717, 1.165) is 38.5 Å². The van der Waals surface area contributed by atoms with Gasteiger partial charge in [0.15, 0.2) is 0 Å². The van der Waals surface area contributed by atoms with Crippen LogP contribution in [-0.2, 0) is 18.6 Å². The summed E-state index contributed by atoms with van der Waals surface area (Å²) in [5.74, 6) is -0.434. The Labute approximate surface area is 182 Å². The lowest BCUT2D eigenvalue weighted by Crippen LogP contribution is -2.22. The van der Waals surface area contributed by atoms with Crippen LogP contribution in [0.4, 0.5) is 4.39 Å². The number of aliphatic hydroxyl groups excluding tert-OH is 1. The summed E-state index contributed by atoms with van der Waals surface area (Å²) < 4.78 is 32.2. The van der Waals surface area contributed by atoms with Gasteiger partial charge in [0.1, 0.15) is 6.61 Å². The molecule has 6 nitrogen and oxygen atoms in total. The predicted molar refractivity (Wildman–Crippen MR) is 117 cm³/mol. The average molecular weight is 452 g/mol. The zero-order valence-electron chi connectivity index (χ0n) is 18.5. The minimum atomic E-state index is -3.06. The number of carbonyl (C=O) groups excluding carboxylic acids is 1. The van der Waals surface area contributed by atoms with E-state index in [1.54, 1.807) is 0 Å². The van der Waals surface area contributed by atoms with Crippen LogP contribution in [-0.4, -0.2) is 35.0 Å². The van der Waals surface area contributed by atoms with Gasteiger partial charge in [0, 0.05) is 17.4 Å². The molecule has 0 saturated carbocycles. The van der Waals surface area contributed by atoms with Crippen molar-refractivity contribution < 1.29 is 33.0 Å². The molecule has 2 unspecified atom stereocenters. The molecule has 0 heterocycles. The van der Waals surface area contributed by atoms with Crippen molar-refractivity contribution in [3.05, 3.63) is 12.2 Å². The minimum Gasteiger partial charge on any atom is -0.463 e. The van der Waals surface area contributed by atoms with Crippen LogP contribution in [0.5, 0.6) is 0 Å². The van der Waals surface area contributed by atoms with Gasteiger partial charge in [-0.2, -0.15) is 0 Å². The number of esters is 1. The Morgan fingerprint density at radius 1 is 0.967 bits per heavy atom. The van der Waals surface area contributed by atoms with Crippen molar-refractivity contribution in [1.82, 2.24) is 0 Å². The van der Waals surface area contributed by atoms with Crippen LogP contribution < -0.4 is 0 Å². The van der Waals surface area contributed by atoms with E-state index in [1.165, 1.54) is 44.9 Å². The quantitative estimate of drug-likeness (QED) is 0.0923. The third-order valence-corrected chi connectivity index (χ3v) is 5.15. The predicted octanol–water partition coefficient (Wildman–Crippen LogP) is 6.28. The molecule has 0 aliphatic heterocycles. The van der Waals surface area contributed by atoms with E-state index in [-0.39, 0.29) is 13.0 Å². The standard InChI is InChI=1S/C22H40FO6P/c1-2-3-4-5-6-7-8-9-10-11-12-13-14-15-16-17-22(25)28-19-20(24)18-21(23)29-30(26)27/h9-10,20-21,24H,2-8,11-19H2,1H3/p+1/t20-,21?/m1/s1. The Morgan fingerprint density at radius 2 is 1.50 bits per heavy atom. The number of unbranched alkanes of at least 4 members (excludes halogenated alkanes) is 11. The minimum absolute atomic E-state index is 0.267. The number of alkyl halides is 1. The monoisotopic (exact) mass is 451 g/mol. The van der Waals surface area contributed by atoms with Crippen molar-refractivity contribution in [1.29, 1.82) is 0 Å². The summed E-state index contributed by atoms with van der Waals surface area (Å²) in [6.07, 6.45) is 16.3. The normalized spacial score (nSPS) is 14.1. The molecule has 8 heteroatoms. The average Bonchev–Trinajstić information content (AvgIpc) is 2.68. The highest BCUT2D eigenvalue weighted by Crippen LogP contribution is 2.21. The highest BCUT2D eigenvalue weighted by atomic mass is 31.1. The van der Waals surface area contributed by atoms with E-state index in [1.807, 2.05) is 0 Å². The number of hydrogen-bond donors (Lipinski definition) is 2. The molecule has 0 spiro atoms. The Kier molecular flexibility index (Phi) is 20.7. The maximum atomic E-state index is 13.1. The third-order valence-electron chi connectivity index (χ3n) is 4.74. The molecular formula is C22H41FO6P+. The van der Waals surface area contributed by atoms with Crippen molar-refractivity contribution in [3.63, 3.8) is 0 Å². The van der Waals surface area contributed by atoms with Crippen LogP contribution in [0.3, 0.4) is 0 Å². The van der Waals surface area contributed by atoms with Gasteiger partial charge in [0.2, 0.25) is 0 Å². The molecule has 0 bridgehead atoms. The van der Waals surface area contributed by atoms with Crippen LogP contribution in [0, 0.1) is 0 Å². The highest BCUT2D eigenvalue weighted by molar-refractivity contribution is 7.32. The first-order valence-electron chi connectivity index (χ1n) is 11.4. The van der Waals surface area contributed by atoms with Gasteiger partial charge in [0.05, 0.1) is 6.10 Å². The molecule has 0 aromatic rings. The number of allylic oxidation sites excluding steroid dienone is 2. The maximum absolute atomic E-state index is 13.1. The van der Waals surface area contributed by atoms with Crippen LogP contribution in [0.15, 0.2) is 12.2 Å². The van der Waals surface area contributed by atoms with Crippen LogP contribution in [0.1, 0.15) is 103 Å². The van der Waals surface area contributed by atoms with Crippen LogP contribution in [0.2, 0.25) is 0 Å². The van der Waals surface area contributed by atoms with E-state index in [0.29, 0.717) is 0 Å². The second kappa shape index (κ2) is 21.4. The molecule has 0 saturated heterocycles. The number of halogens is 1. The summed E-state index contributed by atoms with van der Waals surface area (Å²) in [6, 6.07) is 0. The first kappa shape index (κ1) is 29.1. The first-order valence-corrected chi connectivity index (χ1v) is 12.5. The van der Waals surface area contributed by atoms with Gasteiger partial charge in [-0.3, -0.25) is 4.79 Å². The molecule has 0 aromatic heterocycles. The van der Waals surface area contributed by atoms with Crippen molar-refractivity contribution in [2.45, 2.75) is 116 Å². The molecule has 0 amide bonds. The fourth-order valence-electron chi connectivity index (χ4n) is 3.02. The van der Waals surface area contributed by atoms with Gasteiger partial charge < -0.3 is 9.84 Å². The summed E-state index contributed by atoms with van der Waals surface area (Å²) in [7, 11) is -3.06. The molecule has 2 N–H and O–H groups in total. The van der Waals surface area contributed by atoms with Crippen molar-refractivity contribution in [3.8, 4) is 0 Å². The van der Waals surface area contributed by atoms with E-state index in [4.69, 9.17) is 9.63 Å². The van der Waals surface area contributed by atoms with Crippen molar-refractivity contribution in [2.75, 3.05) is 6.61 Å². The summed E-state index contributed by atoms with van der Waals surface area (Å²) in [5, 5.41) is 9.51. The molecule has 176 valence electrons. The Bertz CT molecular complexity index is 461. The molecule has 0 fully saturated rings. The zero-order valence-corrected chi connectivity index (χ0v) is 19.4. The van der Waals surface area contributed by atoms with E-state index in [2.05, 4.69) is 23.6 Å². The fraction of sp³-hybridized carbons (Fsp3) is 0.864. The van der Waals surface area contributed by atoms with Gasteiger partial charge in [-0.15, -0.1) is 4.89 Å². The van der Waals surface area contributed by atoms with E-state index < -0.39 is 33.1 Å². The smallest absolute Gasteiger partial charge is 0.463 e. The second-order valence-corrected chi connectivity index (χ2v) is 8.35. The Hall–Kier alpha value is -0.880. The Balaban J connectivity index is 3.42. The second-order valence-electron chi connectivity index (χ2n) is 7.66. The van der Waals surface area contributed by atoms with Crippen LogP contribution >= 0.6 is 8.25 Å². The maximum Gasteiger partial charge on any atom is 0.697 e. The van der Waals surface area contributed by atoms with E-state index in [9.17, 15) is 18.9 Å². The molecule has 0 rings (SSSR count). The van der Waals surface area contributed by atoms with Gasteiger partial charge in [0.25, 0.3) is 6.36 Å². The highest BCUT2D eigenvalue weighted by Gasteiger charge is 2.25. The van der Waals surface area contributed by atoms with Gasteiger partial charge in [-0.25, -0.2) is 4.39 Å². The Morgan fingerprint density at radius 3 is 2.07 bits per heavy atom. The first-order chi connectivity index (χ1) is 14.5. The largest absolute Gasteiger partial charge is 0.697 e. The van der Waals surface area contributed by atoms with Crippen LogP contribution in [0.25, 0.3) is 0 Å². The summed E-state index contributed by atoms with van der Waals surface area (Å²) in [5.41, 5.74) is 0. The number of ether oxygens (including phenoxy) is 1. The van der Waals surface area contributed by atoms with Gasteiger partial charge >= 0.3 is 14.2 Å². The summed E-state index contributed by atoms with van der Waals surface area (Å²) in [6.45, 7) is 1.89. The van der Waals surface area contributed by atoms with Gasteiger partial charge in [-0.05, 0) is 32.1 Å². The lowest BCUT2D eigenvalue weighted by atomic mass is 10.1. The topological polar surface area (TPSA) is 93.1 Å². The molecular weight excluding hydrogens is 410 g/mol. The number of carbonyl (C=O) groups is 1. The fourth-order valence-corrected chi connectivity index (χ4v) is 3.31. The lowest BCUT2D eigenvalue weighted by molar-refractivity contribution is -0.147. The molecule has 0 aliphatic carbocycles. The molecule has 30 heavy (non-hydrogen) atoms. The molecule has 0 aliphatic rings. The molecule has 3 atom stereocenters. The lowest BCUT2D eigenvalue weighted by Gasteiger charge is -2.11. The van der Waals surface area contributed by atoms with E-state index >= 15 is 0 Å². The summed E-state index contributed by atoms with van der Waals surface area (Å²) >= 11 is 0. The number of rotatable bonds is 21. The summed E-state index contributed by atoms with van der Waals surface area (Å²) in [4.78, 5) is 20.0. The van der Waals surface area contributed by atoms with Crippen molar-refractivity contribution in [2.24, 2.45) is 0 Å². The number of aliphatic hydroxyl groups is 1. The van der Waals surface area contributed by atoms with Crippen molar-refractivity contribution >= 4 is 14.2 Å². The molecule has 0 radical (unpaired) electrons.